The molecule has 3 rings (SSSR count). The molecule has 26 heavy (non-hydrogen) atoms. The van der Waals surface area contributed by atoms with Gasteiger partial charge in [-0.3, -0.25) is 9.36 Å². The van der Waals surface area contributed by atoms with Crippen LogP contribution in [0.2, 0.25) is 0 Å². The molecule has 0 aliphatic rings. The molecule has 0 saturated heterocycles. The molecule has 0 bridgehead atoms. The number of rotatable bonds is 5. The number of nitrogens with one attached hydrogen (secondary N) is 1. The van der Waals surface area contributed by atoms with Gasteiger partial charge in [0.2, 0.25) is 5.91 Å². The number of aromatic nitrogens is 3. The van der Waals surface area contributed by atoms with Gasteiger partial charge in [0.1, 0.15) is 5.82 Å². The highest BCUT2D eigenvalue weighted by Gasteiger charge is 2.15. The third kappa shape index (κ3) is 3.80. The highest BCUT2D eigenvalue weighted by atomic mass is 32.2. The van der Waals surface area contributed by atoms with Crippen LogP contribution in [-0.4, -0.2) is 26.4 Å². The van der Waals surface area contributed by atoms with E-state index in [4.69, 9.17) is 0 Å². The summed E-state index contributed by atoms with van der Waals surface area (Å²) < 4.78 is 1.99. The van der Waals surface area contributed by atoms with Gasteiger partial charge in [-0.1, -0.05) is 42.1 Å². The van der Waals surface area contributed by atoms with E-state index in [0.717, 1.165) is 33.9 Å². The molecule has 3 aromatic rings. The molecule has 1 aromatic heterocycles. The highest BCUT2D eigenvalue weighted by Crippen LogP contribution is 2.24. The van der Waals surface area contributed by atoms with Gasteiger partial charge >= 0.3 is 0 Å². The minimum Gasteiger partial charge on any atom is -0.325 e. The molecule has 1 N–H and O–H groups in total. The zero-order chi connectivity index (χ0) is 18.7. The fourth-order valence-corrected chi connectivity index (χ4v) is 3.52. The van der Waals surface area contributed by atoms with Gasteiger partial charge in [0.15, 0.2) is 5.16 Å². The molecule has 5 nitrogen and oxygen atoms in total. The molecule has 134 valence electrons. The maximum atomic E-state index is 12.4. The van der Waals surface area contributed by atoms with E-state index in [2.05, 4.69) is 28.5 Å². The summed E-state index contributed by atoms with van der Waals surface area (Å²) in [7, 11) is 0. The van der Waals surface area contributed by atoms with Gasteiger partial charge < -0.3 is 5.32 Å². The van der Waals surface area contributed by atoms with Crippen molar-refractivity contribution in [2.75, 3.05) is 11.1 Å². The SMILES string of the molecule is Cc1ccccc1-n1c(C)nnc1SCC(=O)Nc1cccc(C)c1C. The van der Waals surface area contributed by atoms with Crippen LogP contribution in [0.15, 0.2) is 47.6 Å². The van der Waals surface area contributed by atoms with Crippen molar-refractivity contribution in [1.29, 1.82) is 0 Å². The predicted molar refractivity (Wildman–Crippen MR) is 106 cm³/mol. The Hall–Kier alpha value is -2.60. The number of para-hydroxylation sites is 1. The van der Waals surface area contributed by atoms with E-state index in [9.17, 15) is 4.79 Å². The summed E-state index contributed by atoms with van der Waals surface area (Å²) in [5.41, 5.74) is 5.27. The standard InChI is InChI=1S/C20H22N4OS/c1-13-9-7-10-17(15(13)3)21-19(25)12-26-20-23-22-16(4)24(20)18-11-6-5-8-14(18)2/h5-11H,12H2,1-4H3,(H,21,25). The fourth-order valence-electron chi connectivity index (χ4n) is 2.73. The summed E-state index contributed by atoms with van der Waals surface area (Å²) in [4.78, 5) is 12.4. The number of hydrogen-bond donors (Lipinski definition) is 1. The molecular weight excluding hydrogens is 344 g/mol. The molecule has 6 heteroatoms. The molecule has 0 spiro atoms. The molecule has 1 amide bonds. The first kappa shape index (κ1) is 18.2. The Labute approximate surface area is 157 Å². The van der Waals surface area contributed by atoms with Crippen LogP contribution in [0.1, 0.15) is 22.5 Å². The normalized spacial score (nSPS) is 10.8. The number of anilines is 1. The molecule has 0 atom stereocenters. The van der Waals surface area contributed by atoms with E-state index in [-0.39, 0.29) is 11.7 Å². The largest absolute Gasteiger partial charge is 0.325 e. The van der Waals surface area contributed by atoms with Crippen LogP contribution < -0.4 is 5.32 Å². The Morgan fingerprint density at radius 2 is 1.73 bits per heavy atom. The predicted octanol–water partition coefficient (Wildman–Crippen LogP) is 4.23. The number of aryl methyl sites for hydroxylation is 3. The van der Waals surface area contributed by atoms with Crippen LogP contribution in [0, 0.1) is 27.7 Å². The Morgan fingerprint density at radius 1 is 1.00 bits per heavy atom. The van der Waals surface area contributed by atoms with Crippen LogP contribution in [0.4, 0.5) is 5.69 Å². The molecule has 0 saturated carbocycles. The smallest absolute Gasteiger partial charge is 0.234 e. The lowest BCUT2D eigenvalue weighted by Gasteiger charge is -2.12. The van der Waals surface area contributed by atoms with E-state index >= 15 is 0 Å². The number of hydrogen-bond acceptors (Lipinski definition) is 4. The summed E-state index contributed by atoms with van der Waals surface area (Å²) >= 11 is 1.39. The van der Waals surface area contributed by atoms with E-state index < -0.39 is 0 Å². The van der Waals surface area contributed by atoms with Crippen molar-refractivity contribution in [2.45, 2.75) is 32.9 Å². The number of carbonyl (C=O) groups is 1. The Bertz CT molecular complexity index is 949. The lowest BCUT2D eigenvalue weighted by molar-refractivity contribution is -0.113. The van der Waals surface area contributed by atoms with Crippen molar-refractivity contribution < 1.29 is 4.79 Å². The lowest BCUT2D eigenvalue weighted by atomic mass is 10.1. The maximum Gasteiger partial charge on any atom is 0.234 e. The van der Waals surface area contributed by atoms with Crippen LogP contribution in [0.3, 0.4) is 0 Å². The third-order valence-electron chi connectivity index (χ3n) is 4.36. The first-order valence-corrected chi connectivity index (χ1v) is 9.43. The minimum absolute atomic E-state index is 0.0549. The molecule has 0 aliphatic heterocycles. The first-order chi connectivity index (χ1) is 12.5. The minimum atomic E-state index is -0.0549. The monoisotopic (exact) mass is 366 g/mol. The highest BCUT2D eigenvalue weighted by molar-refractivity contribution is 7.99. The topological polar surface area (TPSA) is 59.8 Å². The quantitative estimate of drug-likeness (QED) is 0.687. The maximum absolute atomic E-state index is 12.4. The Balaban J connectivity index is 1.74. The van der Waals surface area contributed by atoms with E-state index in [1.165, 1.54) is 11.8 Å². The zero-order valence-electron chi connectivity index (χ0n) is 15.4. The van der Waals surface area contributed by atoms with Gasteiger partial charge in [0.25, 0.3) is 0 Å². The van der Waals surface area contributed by atoms with Gasteiger partial charge in [0, 0.05) is 5.69 Å². The van der Waals surface area contributed by atoms with E-state index in [1.54, 1.807) is 0 Å². The van der Waals surface area contributed by atoms with Gasteiger partial charge in [-0.05, 0) is 56.5 Å². The van der Waals surface area contributed by atoms with Crippen molar-refractivity contribution >= 4 is 23.4 Å². The van der Waals surface area contributed by atoms with Gasteiger partial charge in [-0.2, -0.15) is 0 Å². The summed E-state index contributed by atoms with van der Waals surface area (Å²) in [5.74, 6) is 1.02. The number of amides is 1. The molecule has 0 fully saturated rings. The van der Waals surface area contributed by atoms with Crippen LogP contribution in [0.5, 0.6) is 0 Å². The summed E-state index contributed by atoms with van der Waals surface area (Å²) in [5, 5.41) is 12.1. The van der Waals surface area contributed by atoms with E-state index in [1.807, 2.05) is 61.7 Å². The molecule has 0 radical (unpaired) electrons. The first-order valence-electron chi connectivity index (χ1n) is 8.44. The van der Waals surface area contributed by atoms with Crippen molar-refractivity contribution in [3.05, 3.63) is 65.0 Å². The molecule has 1 heterocycles. The van der Waals surface area contributed by atoms with Crippen LogP contribution >= 0.6 is 11.8 Å². The van der Waals surface area contributed by atoms with Crippen molar-refractivity contribution in [2.24, 2.45) is 0 Å². The van der Waals surface area contributed by atoms with Crippen molar-refractivity contribution in [1.82, 2.24) is 14.8 Å². The van der Waals surface area contributed by atoms with Crippen LogP contribution in [0.25, 0.3) is 5.69 Å². The average molecular weight is 366 g/mol. The summed E-state index contributed by atoms with van der Waals surface area (Å²) in [6.45, 7) is 8.01. The van der Waals surface area contributed by atoms with Gasteiger partial charge in [0.05, 0.1) is 11.4 Å². The number of benzene rings is 2. The second-order valence-electron chi connectivity index (χ2n) is 6.24. The lowest BCUT2D eigenvalue weighted by Crippen LogP contribution is -2.15. The van der Waals surface area contributed by atoms with Gasteiger partial charge in [-0.25, -0.2) is 0 Å². The third-order valence-corrected chi connectivity index (χ3v) is 5.29. The number of nitrogens with zero attached hydrogens (tertiary/aromatic N) is 3. The van der Waals surface area contributed by atoms with Crippen LogP contribution in [-0.2, 0) is 4.79 Å². The van der Waals surface area contributed by atoms with Crippen molar-refractivity contribution in [3.8, 4) is 5.69 Å². The second kappa shape index (κ2) is 7.74. The average Bonchev–Trinajstić information content (AvgIpc) is 2.98. The molecular formula is C20H22N4OS. The summed E-state index contributed by atoms with van der Waals surface area (Å²) in [6, 6.07) is 14.0. The molecule has 0 unspecified atom stereocenters. The second-order valence-corrected chi connectivity index (χ2v) is 7.18. The van der Waals surface area contributed by atoms with Gasteiger partial charge in [-0.15, -0.1) is 10.2 Å². The Kier molecular flexibility index (Phi) is 5.42. The zero-order valence-corrected chi connectivity index (χ0v) is 16.2. The van der Waals surface area contributed by atoms with Crippen molar-refractivity contribution in [3.63, 3.8) is 0 Å². The molecule has 0 aliphatic carbocycles. The fraction of sp³-hybridized carbons (Fsp3) is 0.250. The molecule has 2 aromatic carbocycles. The number of thioether (sulfide) groups is 1. The summed E-state index contributed by atoms with van der Waals surface area (Å²) in [6.07, 6.45) is 0. The Morgan fingerprint density at radius 3 is 2.50 bits per heavy atom. The number of carbonyl (C=O) groups excluding carboxylic acids is 1. The van der Waals surface area contributed by atoms with E-state index in [0.29, 0.717) is 5.16 Å².